The standard InChI is InChI=1S/C21H52Si6/c1-15-17-18-19-21-25(9,10)22(3,4)20(16-2,23(5,6)26(21,11)12)24(7,8)27(21,13)14/h15-19H2,1-14H3. The van der Waals surface area contributed by atoms with E-state index in [1.165, 1.54) is 12.8 Å². The van der Waals surface area contributed by atoms with Gasteiger partial charge in [-0.15, -0.1) is 0 Å². The number of hydrogen-bond donors (Lipinski definition) is 0. The Kier molecular flexibility index (Phi) is 5.83. The molecule has 3 rings (SSSR count). The molecule has 0 aliphatic carbocycles. The second-order valence-corrected chi connectivity index (χ2v) is 63.5. The average molecular weight is 473 g/mol. The quantitative estimate of drug-likeness (QED) is 0.280. The van der Waals surface area contributed by atoms with Crippen molar-refractivity contribution in [2.45, 2.75) is 133 Å². The van der Waals surface area contributed by atoms with Crippen molar-refractivity contribution in [2.75, 3.05) is 0 Å². The highest BCUT2D eigenvalue weighted by Gasteiger charge is 2.91. The molecule has 6 heteroatoms. The molecule has 3 fully saturated rings. The lowest BCUT2D eigenvalue weighted by Gasteiger charge is -2.89. The fraction of sp³-hybridized carbons (Fsp3) is 1.00. The van der Waals surface area contributed by atoms with Crippen LogP contribution in [0.25, 0.3) is 0 Å². The number of hydrogen-bond acceptors (Lipinski definition) is 0. The summed E-state index contributed by atoms with van der Waals surface area (Å²) in [7, 11) is -7.82. The summed E-state index contributed by atoms with van der Waals surface area (Å²) in [5, 5.41) is 0. The fourth-order valence-electron chi connectivity index (χ4n) is 10.8. The van der Waals surface area contributed by atoms with Crippen LogP contribution in [0.3, 0.4) is 0 Å². The van der Waals surface area contributed by atoms with Crippen molar-refractivity contribution in [3.05, 3.63) is 0 Å². The largest absolute Gasteiger partial charge is 0.0713 e. The second-order valence-electron chi connectivity index (χ2n) is 13.4. The Hall–Kier alpha value is 1.30. The Bertz CT molecular complexity index is 528. The van der Waals surface area contributed by atoms with Crippen LogP contribution in [0.15, 0.2) is 0 Å². The van der Waals surface area contributed by atoms with Crippen LogP contribution in [0, 0.1) is 0 Å². The molecular weight excluding hydrogens is 421 g/mol. The third-order valence-electron chi connectivity index (χ3n) is 12.8. The van der Waals surface area contributed by atoms with Gasteiger partial charge in [0.15, 0.2) is 0 Å². The summed E-state index contributed by atoms with van der Waals surface area (Å²) in [5.41, 5.74) is 0. The first-order valence-electron chi connectivity index (χ1n) is 11.9. The molecular formula is C21H52Si6. The third-order valence-corrected chi connectivity index (χ3v) is 104. The molecule has 3 aliphatic heterocycles. The highest BCUT2D eigenvalue weighted by Crippen LogP contribution is 2.81. The van der Waals surface area contributed by atoms with Crippen LogP contribution in [0.4, 0.5) is 0 Å². The summed E-state index contributed by atoms with van der Waals surface area (Å²) >= 11 is 0. The summed E-state index contributed by atoms with van der Waals surface area (Å²) in [6.07, 6.45) is 7.62. The van der Waals surface area contributed by atoms with Crippen molar-refractivity contribution < 1.29 is 0 Å². The van der Waals surface area contributed by atoms with E-state index in [1.54, 1.807) is 19.3 Å². The van der Waals surface area contributed by atoms with Gasteiger partial charge in [-0.2, -0.15) is 0 Å². The van der Waals surface area contributed by atoms with Crippen LogP contribution in [0.5, 0.6) is 0 Å². The number of rotatable bonds is 5. The summed E-state index contributed by atoms with van der Waals surface area (Å²) in [6.45, 7) is 40.6. The van der Waals surface area contributed by atoms with E-state index in [9.17, 15) is 0 Å². The molecule has 160 valence electrons. The van der Waals surface area contributed by atoms with E-state index in [2.05, 4.69) is 92.4 Å². The molecule has 3 heterocycles. The van der Waals surface area contributed by atoms with Crippen molar-refractivity contribution in [3.63, 3.8) is 0 Å². The first kappa shape index (κ1) is 24.6. The van der Waals surface area contributed by atoms with Gasteiger partial charge in [0, 0.05) is 45.5 Å². The first-order valence-corrected chi connectivity index (χ1v) is 32.9. The van der Waals surface area contributed by atoms with Crippen LogP contribution in [-0.4, -0.2) is 45.5 Å². The van der Waals surface area contributed by atoms with Crippen LogP contribution in [0.2, 0.25) is 87.1 Å². The number of fused-ring (bicyclic) bond motifs is 3. The third kappa shape index (κ3) is 2.10. The van der Waals surface area contributed by atoms with Crippen LogP contribution in [0.1, 0.15) is 46.0 Å². The monoisotopic (exact) mass is 472 g/mol. The highest BCUT2D eigenvalue weighted by molar-refractivity contribution is 7.77. The van der Waals surface area contributed by atoms with Gasteiger partial charge in [0.1, 0.15) is 0 Å². The molecule has 0 spiro atoms. The zero-order valence-electron chi connectivity index (χ0n) is 21.5. The van der Waals surface area contributed by atoms with Crippen LogP contribution < -0.4 is 0 Å². The molecule has 0 unspecified atom stereocenters. The minimum atomic E-state index is -1.31. The molecule has 3 aliphatic rings. The average Bonchev–Trinajstić information content (AvgIpc) is 2.48. The van der Waals surface area contributed by atoms with E-state index in [4.69, 9.17) is 0 Å². The van der Waals surface area contributed by atoms with E-state index in [0.29, 0.717) is 0 Å². The molecule has 27 heavy (non-hydrogen) atoms. The fourth-order valence-corrected chi connectivity index (χ4v) is 156. The predicted octanol–water partition coefficient (Wildman–Crippen LogP) is 8.13. The number of unbranched alkanes of at least 4 members (excludes halogenated alkanes) is 2. The van der Waals surface area contributed by atoms with Gasteiger partial charge < -0.3 is 0 Å². The molecule has 0 radical (unpaired) electrons. The Balaban J connectivity index is 3.04. The van der Waals surface area contributed by atoms with E-state index < -0.39 is 45.5 Å². The zero-order valence-corrected chi connectivity index (χ0v) is 27.5. The summed E-state index contributed by atoms with van der Waals surface area (Å²) in [6, 6.07) is 0. The summed E-state index contributed by atoms with van der Waals surface area (Å²) in [4.78, 5) is 0. The van der Waals surface area contributed by atoms with E-state index in [-0.39, 0.29) is 0 Å². The topological polar surface area (TPSA) is 0 Å². The SMILES string of the molecule is CCCCCC12[Si](C)(C)[Si](C)(C)C(CC)([Si](C)(C)[Si]1(C)C)[Si](C)(C)[Si]2(C)C. The Morgan fingerprint density at radius 2 is 0.741 bits per heavy atom. The molecule has 0 amide bonds. The van der Waals surface area contributed by atoms with Gasteiger partial charge in [0.25, 0.3) is 0 Å². The van der Waals surface area contributed by atoms with Crippen molar-refractivity contribution in [1.29, 1.82) is 0 Å². The molecule has 0 aromatic heterocycles. The van der Waals surface area contributed by atoms with Gasteiger partial charge in [-0.1, -0.05) is 125 Å². The van der Waals surface area contributed by atoms with Crippen molar-refractivity contribution in [3.8, 4) is 0 Å². The summed E-state index contributed by atoms with van der Waals surface area (Å²) < 4.78 is 1.79. The van der Waals surface area contributed by atoms with E-state index in [0.717, 1.165) is 8.57 Å². The van der Waals surface area contributed by atoms with E-state index in [1.807, 2.05) is 0 Å². The smallest absolute Gasteiger partial charge is 0.0418 e. The minimum Gasteiger partial charge on any atom is -0.0713 e. The van der Waals surface area contributed by atoms with Gasteiger partial charge in [0.05, 0.1) is 0 Å². The normalized spacial score (nSPS) is 39.3. The molecule has 2 bridgehead atoms. The molecule has 3 saturated heterocycles. The van der Waals surface area contributed by atoms with Gasteiger partial charge in [-0.3, -0.25) is 0 Å². The first-order chi connectivity index (χ1) is 11.9. The van der Waals surface area contributed by atoms with Crippen molar-refractivity contribution >= 4 is 45.5 Å². The Morgan fingerprint density at radius 1 is 0.444 bits per heavy atom. The van der Waals surface area contributed by atoms with Crippen LogP contribution >= 0.6 is 0 Å². The van der Waals surface area contributed by atoms with Gasteiger partial charge in [-0.25, -0.2) is 0 Å². The lowest BCUT2D eigenvalue weighted by molar-refractivity contribution is 0.641. The molecule has 0 atom stereocenters. The lowest BCUT2D eigenvalue weighted by atomic mass is 10.2. The lowest BCUT2D eigenvalue weighted by Crippen LogP contribution is -3.03. The van der Waals surface area contributed by atoms with Gasteiger partial charge in [0.2, 0.25) is 0 Å². The second kappa shape index (κ2) is 6.40. The van der Waals surface area contributed by atoms with Crippen molar-refractivity contribution in [1.82, 2.24) is 0 Å². The molecule has 0 nitrogen and oxygen atoms in total. The maximum atomic E-state index is 2.96. The predicted molar refractivity (Wildman–Crippen MR) is 145 cm³/mol. The maximum absolute atomic E-state index is 2.96. The van der Waals surface area contributed by atoms with E-state index >= 15 is 0 Å². The molecule has 0 N–H and O–H groups in total. The highest BCUT2D eigenvalue weighted by atomic mass is 29.4. The molecule has 0 aromatic rings. The Morgan fingerprint density at radius 3 is 1.00 bits per heavy atom. The minimum absolute atomic E-state index is 0.890. The van der Waals surface area contributed by atoms with Gasteiger partial charge in [-0.05, 0) is 8.57 Å². The Labute approximate surface area is 178 Å². The van der Waals surface area contributed by atoms with Gasteiger partial charge >= 0.3 is 0 Å². The summed E-state index contributed by atoms with van der Waals surface area (Å²) in [5.74, 6) is 0. The van der Waals surface area contributed by atoms with Crippen LogP contribution in [-0.2, 0) is 0 Å². The maximum Gasteiger partial charge on any atom is 0.0418 e. The zero-order chi connectivity index (χ0) is 21.5. The van der Waals surface area contributed by atoms with Crippen molar-refractivity contribution in [2.24, 2.45) is 0 Å². The molecule has 0 aromatic carbocycles. The molecule has 0 saturated carbocycles.